The number of ether oxygens (including phenoxy) is 2. The topological polar surface area (TPSA) is 67.9 Å². The molecule has 1 aromatic carbocycles. The van der Waals surface area contributed by atoms with Gasteiger partial charge < -0.3 is 19.7 Å². The summed E-state index contributed by atoms with van der Waals surface area (Å²) in [7, 11) is 0. The molecule has 1 aliphatic heterocycles. The van der Waals surface area contributed by atoms with Crippen molar-refractivity contribution in [2.75, 3.05) is 32.1 Å². The van der Waals surface area contributed by atoms with E-state index in [0.717, 1.165) is 17.9 Å². The second kappa shape index (κ2) is 9.56. The maximum absolute atomic E-state index is 12.2. The van der Waals surface area contributed by atoms with Crippen LogP contribution in [0, 0.1) is 0 Å². The lowest BCUT2D eigenvalue weighted by molar-refractivity contribution is -0.121. The Labute approximate surface area is 153 Å². The highest BCUT2D eigenvalue weighted by atomic mass is 32.2. The Morgan fingerprint density at radius 1 is 1.28 bits per heavy atom. The number of hydrogen-bond donors (Lipinski definition) is 1. The van der Waals surface area contributed by atoms with Gasteiger partial charge in [-0.3, -0.25) is 9.59 Å². The van der Waals surface area contributed by atoms with E-state index in [-0.39, 0.29) is 17.2 Å². The molecule has 0 radical (unpaired) electrons. The van der Waals surface area contributed by atoms with Gasteiger partial charge in [0, 0.05) is 25.3 Å². The van der Waals surface area contributed by atoms with Gasteiger partial charge in [0.05, 0.1) is 19.3 Å². The Kier molecular flexibility index (Phi) is 7.43. The van der Waals surface area contributed by atoms with Crippen molar-refractivity contribution in [2.45, 2.75) is 33.2 Å². The molecule has 7 heteroatoms. The van der Waals surface area contributed by atoms with Gasteiger partial charge in [-0.15, -0.1) is 0 Å². The molecule has 1 saturated heterocycles. The maximum atomic E-state index is 12.2. The predicted octanol–water partition coefficient (Wildman–Crippen LogP) is 3.22. The van der Waals surface area contributed by atoms with Crippen LogP contribution in [0.1, 0.15) is 38.8 Å². The van der Waals surface area contributed by atoms with Crippen LogP contribution < -0.4 is 14.8 Å². The number of nitrogens with one attached hydrogen (secondary N) is 1. The Hall–Kier alpha value is -1.89. The molecule has 1 fully saturated rings. The molecule has 0 aliphatic carbocycles. The fraction of sp³-hybridized carbons (Fsp3) is 0.556. The van der Waals surface area contributed by atoms with E-state index in [9.17, 15) is 9.59 Å². The van der Waals surface area contributed by atoms with E-state index in [1.54, 1.807) is 4.90 Å². The number of rotatable bonds is 9. The summed E-state index contributed by atoms with van der Waals surface area (Å²) in [6, 6.07) is 5.55. The third-order valence-electron chi connectivity index (χ3n) is 3.90. The van der Waals surface area contributed by atoms with Crippen LogP contribution >= 0.6 is 11.8 Å². The molecule has 25 heavy (non-hydrogen) atoms. The van der Waals surface area contributed by atoms with Gasteiger partial charge in [-0.05, 0) is 38.5 Å². The number of amides is 2. The van der Waals surface area contributed by atoms with Crippen LogP contribution in [0.2, 0.25) is 0 Å². The lowest BCUT2D eigenvalue weighted by atomic mass is 10.1. The molecule has 6 nitrogen and oxygen atoms in total. The molecular weight excluding hydrogens is 340 g/mol. The first kappa shape index (κ1) is 19.4. The minimum Gasteiger partial charge on any atom is -0.490 e. The molecule has 138 valence electrons. The van der Waals surface area contributed by atoms with Crippen LogP contribution in [0.15, 0.2) is 18.2 Å². The predicted molar refractivity (Wildman–Crippen MR) is 99.4 cm³/mol. The molecule has 1 atom stereocenters. The van der Waals surface area contributed by atoms with E-state index in [0.29, 0.717) is 37.7 Å². The first-order chi connectivity index (χ1) is 12.0. The molecule has 2 amide bonds. The maximum Gasteiger partial charge on any atom is 0.281 e. The molecule has 1 aromatic rings. The summed E-state index contributed by atoms with van der Waals surface area (Å²) in [5, 5.41) is 3.04. The van der Waals surface area contributed by atoms with Gasteiger partial charge in [-0.25, -0.2) is 0 Å². The molecule has 1 heterocycles. The lowest BCUT2D eigenvalue weighted by Crippen LogP contribution is -2.32. The zero-order valence-electron chi connectivity index (χ0n) is 15.0. The molecule has 1 N–H and O–H groups in total. The van der Waals surface area contributed by atoms with Gasteiger partial charge >= 0.3 is 0 Å². The van der Waals surface area contributed by atoms with Gasteiger partial charge in [0.15, 0.2) is 11.5 Å². The molecule has 0 bridgehead atoms. The molecule has 0 saturated carbocycles. The van der Waals surface area contributed by atoms with E-state index in [1.807, 2.05) is 39.0 Å². The number of benzene rings is 1. The summed E-state index contributed by atoms with van der Waals surface area (Å²) in [5.74, 6) is 2.13. The van der Waals surface area contributed by atoms with Crippen LogP contribution in [0.25, 0.3) is 0 Å². The Balaban J connectivity index is 1.92. The van der Waals surface area contributed by atoms with Crippen molar-refractivity contribution in [3.05, 3.63) is 23.8 Å². The fourth-order valence-corrected chi connectivity index (χ4v) is 3.45. The van der Waals surface area contributed by atoms with Crippen molar-refractivity contribution in [3.63, 3.8) is 0 Å². The second-order valence-corrected chi connectivity index (χ2v) is 6.76. The van der Waals surface area contributed by atoms with Crippen LogP contribution in [-0.4, -0.2) is 48.1 Å². The number of carbonyl (C=O) groups is 2. The molecular formula is C18H26N2O4S. The van der Waals surface area contributed by atoms with Crippen LogP contribution in [0.5, 0.6) is 11.5 Å². The molecule has 1 aliphatic rings. The minimum atomic E-state index is -0.147. The average Bonchev–Trinajstić information content (AvgIpc) is 3.00. The smallest absolute Gasteiger partial charge is 0.281 e. The van der Waals surface area contributed by atoms with Crippen molar-refractivity contribution in [2.24, 2.45) is 0 Å². The fourth-order valence-electron chi connectivity index (χ4n) is 2.60. The van der Waals surface area contributed by atoms with Crippen LogP contribution in [0.3, 0.4) is 0 Å². The first-order valence-electron chi connectivity index (χ1n) is 8.65. The summed E-state index contributed by atoms with van der Waals surface area (Å²) in [5.41, 5.74) is 0.952. The quantitative estimate of drug-likeness (QED) is 0.727. The monoisotopic (exact) mass is 366 g/mol. The summed E-state index contributed by atoms with van der Waals surface area (Å²) >= 11 is 1.31. The minimum absolute atomic E-state index is 0.0636. The Morgan fingerprint density at radius 2 is 2.00 bits per heavy atom. The normalized spacial score (nSPS) is 15.2. The van der Waals surface area contributed by atoms with Crippen molar-refractivity contribution in [1.82, 2.24) is 10.2 Å². The van der Waals surface area contributed by atoms with Gasteiger partial charge in [0.2, 0.25) is 5.91 Å². The second-order valence-electron chi connectivity index (χ2n) is 5.71. The van der Waals surface area contributed by atoms with E-state index < -0.39 is 0 Å². The first-order valence-corrected chi connectivity index (χ1v) is 9.64. The van der Waals surface area contributed by atoms with E-state index in [4.69, 9.17) is 9.47 Å². The number of hydrogen-bond acceptors (Lipinski definition) is 5. The van der Waals surface area contributed by atoms with E-state index in [1.165, 1.54) is 11.8 Å². The van der Waals surface area contributed by atoms with Gasteiger partial charge in [0.25, 0.3) is 5.24 Å². The highest BCUT2D eigenvalue weighted by molar-refractivity contribution is 8.13. The molecule has 2 rings (SSSR count). The van der Waals surface area contributed by atoms with Gasteiger partial charge in [0.1, 0.15) is 0 Å². The Bertz CT molecular complexity index is 609. The van der Waals surface area contributed by atoms with Crippen molar-refractivity contribution in [3.8, 4) is 11.5 Å². The average molecular weight is 366 g/mol. The number of thioether (sulfide) groups is 1. The van der Waals surface area contributed by atoms with E-state index >= 15 is 0 Å². The van der Waals surface area contributed by atoms with Crippen molar-refractivity contribution in [1.29, 1.82) is 0 Å². The Morgan fingerprint density at radius 3 is 2.64 bits per heavy atom. The molecule has 0 spiro atoms. The SMILES string of the molecule is CCOc1ccc([C@H](C)NC(=O)CCN2CCSC2=O)cc1OCC. The highest BCUT2D eigenvalue weighted by Crippen LogP contribution is 2.30. The summed E-state index contributed by atoms with van der Waals surface area (Å²) in [6.07, 6.45) is 0.311. The van der Waals surface area contributed by atoms with Gasteiger partial charge in [-0.2, -0.15) is 0 Å². The summed E-state index contributed by atoms with van der Waals surface area (Å²) in [6.45, 7) is 8.09. The zero-order chi connectivity index (χ0) is 18.2. The van der Waals surface area contributed by atoms with Gasteiger partial charge in [-0.1, -0.05) is 17.8 Å². The van der Waals surface area contributed by atoms with Crippen molar-refractivity contribution < 1.29 is 19.1 Å². The van der Waals surface area contributed by atoms with Crippen LogP contribution in [-0.2, 0) is 4.79 Å². The molecule has 0 unspecified atom stereocenters. The zero-order valence-corrected chi connectivity index (χ0v) is 15.9. The number of carbonyl (C=O) groups excluding carboxylic acids is 2. The summed E-state index contributed by atoms with van der Waals surface area (Å²) in [4.78, 5) is 25.4. The van der Waals surface area contributed by atoms with E-state index in [2.05, 4.69) is 5.32 Å². The van der Waals surface area contributed by atoms with Crippen molar-refractivity contribution >= 4 is 22.9 Å². The third-order valence-corrected chi connectivity index (χ3v) is 4.79. The lowest BCUT2D eigenvalue weighted by Gasteiger charge is -2.19. The largest absolute Gasteiger partial charge is 0.490 e. The van der Waals surface area contributed by atoms with Crippen LogP contribution in [0.4, 0.5) is 4.79 Å². The third kappa shape index (κ3) is 5.56. The summed E-state index contributed by atoms with van der Waals surface area (Å²) < 4.78 is 11.2. The molecule has 0 aromatic heterocycles. The number of nitrogens with zero attached hydrogens (tertiary/aromatic N) is 1. The standard InChI is InChI=1S/C18H26N2O4S/c1-4-23-15-7-6-14(12-16(15)24-5-2)13(3)19-17(21)8-9-20-10-11-25-18(20)22/h6-7,12-13H,4-5,8-11H2,1-3H3,(H,19,21)/t13-/m0/s1. The highest BCUT2D eigenvalue weighted by Gasteiger charge is 2.21.